The van der Waals surface area contributed by atoms with E-state index in [1.54, 1.807) is 0 Å². The molecule has 0 aliphatic heterocycles. The van der Waals surface area contributed by atoms with Crippen LogP contribution >= 0.6 is 8.60 Å². The molecule has 3 nitrogen and oxygen atoms in total. The van der Waals surface area contributed by atoms with Gasteiger partial charge in [-0.15, -0.1) is 0 Å². The second-order valence-corrected chi connectivity index (χ2v) is 6.43. The third-order valence-corrected chi connectivity index (χ3v) is 4.21. The Hall–Kier alpha value is 1.02. The first kappa shape index (κ1) is 24.3. The molecule has 0 saturated carbocycles. The van der Waals surface area contributed by atoms with Crippen molar-refractivity contribution < 1.29 is 35.7 Å². The van der Waals surface area contributed by atoms with Crippen molar-refractivity contribution in [2.24, 2.45) is 0 Å². The van der Waals surface area contributed by atoms with E-state index in [2.05, 4.69) is 13.8 Å². The Balaban J connectivity index is 0. The molecule has 0 rings (SSSR count). The summed E-state index contributed by atoms with van der Waals surface area (Å²) >= 11 is 0. The number of rotatable bonds is 16. The summed E-state index contributed by atoms with van der Waals surface area (Å²) in [5.41, 5.74) is 0. The van der Waals surface area contributed by atoms with Gasteiger partial charge in [0.1, 0.15) is 0 Å². The van der Waals surface area contributed by atoms with Gasteiger partial charge in [-0.1, -0.05) is 78.1 Å². The van der Waals surface area contributed by atoms with E-state index in [0.29, 0.717) is 13.2 Å². The molecule has 5 heteroatoms. The van der Waals surface area contributed by atoms with Crippen LogP contribution in [0.4, 0.5) is 0 Å². The molecule has 0 heterocycles. The molecule has 126 valence electrons. The van der Waals surface area contributed by atoms with Crippen LogP contribution in [0, 0.1) is 0 Å². The predicted molar refractivity (Wildman–Crippen MR) is 87.8 cm³/mol. The van der Waals surface area contributed by atoms with Crippen LogP contribution in [0.5, 0.6) is 0 Å². The van der Waals surface area contributed by atoms with Crippen LogP contribution in [0.1, 0.15) is 90.9 Å². The summed E-state index contributed by atoms with van der Waals surface area (Å²) in [4.78, 5) is 9.55. The van der Waals surface area contributed by atoms with E-state index in [-0.39, 0.29) is 21.7 Å². The summed E-state index contributed by atoms with van der Waals surface area (Å²) < 4.78 is 10.6. The summed E-state index contributed by atoms with van der Waals surface area (Å²) in [6, 6.07) is 0. The Morgan fingerprint density at radius 1 is 0.619 bits per heavy atom. The zero-order valence-electron chi connectivity index (χ0n) is 14.1. The molecular formula is C16H35O3PTi. The van der Waals surface area contributed by atoms with Crippen LogP contribution in [0.2, 0.25) is 0 Å². The third kappa shape index (κ3) is 21.0. The predicted octanol–water partition coefficient (Wildman–Crippen LogP) is 5.96. The van der Waals surface area contributed by atoms with Crippen molar-refractivity contribution in [2.75, 3.05) is 13.2 Å². The standard InChI is InChI=1S/C16H35O3P.Ti/c1-3-5-7-9-11-13-15-18-20(17)19-16-14-12-10-8-6-4-2;/h17H,3-16H2,1-2H3;. The molecular weight excluding hydrogens is 319 g/mol. The van der Waals surface area contributed by atoms with Gasteiger partial charge < -0.3 is 13.9 Å². The van der Waals surface area contributed by atoms with Crippen molar-refractivity contribution in [3.8, 4) is 0 Å². The molecule has 0 bridgehead atoms. The summed E-state index contributed by atoms with van der Waals surface area (Å²) in [5, 5.41) is 0. The molecule has 0 aliphatic rings. The molecule has 0 unspecified atom stereocenters. The molecule has 0 radical (unpaired) electrons. The fraction of sp³-hybridized carbons (Fsp3) is 1.00. The molecule has 0 atom stereocenters. The van der Waals surface area contributed by atoms with Gasteiger partial charge in [-0.25, -0.2) is 0 Å². The van der Waals surface area contributed by atoms with Gasteiger partial charge in [-0.05, 0) is 12.8 Å². The number of hydrogen-bond donors (Lipinski definition) is 1. The fourth-order valence-electron chi connectivity index (χ4n) is 2.09. The molecule has 0 amide bonds. The van der Waals surface area contributed by atoms with Crippen LogP contribution < -0.4 is 0 Å². The minimum absolute atomic E-state index is 0. The molecule has 1 N–H and O–H groups in total. The van der Waals surface area contributed by atoms with Crippen LogP contribution in [0.15, 0.2) is 0 Å². The normalized spacial score (nSPS) is 10.9. The first-order valence-corrected chi connectivity index (χ1v) is 9.69. The molecule has 0 aliphatic carbocycles. The van der Waals surface area contributed by atoms with E-state index >= 15 is 0 Å². The summed E-state index contributed by atoms with van der Waals surface area (Å²) in [5.74, 6) is 0. The van der Waals surface area contributed by atoms with Crippen LogP contribution in [-0.4, -0.2) is 18.1 Å². The van der Waals surface area contributed by atoms with Crippen molar-refractivity contribution in [3.63, 3.8) is 0 Å². The van der Waals surface area contributed by atoms with Crippen molar-refractivity contribution in [3.05, 3.63) is 0 Å². The van der Waals surface area contributed by atoms with Gasteiger partial charge in [0.15, 0.2) is 0 Å². The average Bonchev–Trinajstić information content (AvgIpc) is 2.45. The average molecular weight is 354 g/mol. The van der Waals surface area contributed by atoms with Crippen LogP contribution in [0.25, 0.3) is 0 Å². The van der Waals surface area contributed by atoms with Crippen molar-refractivity contribution in [1.82, 2.24) is 0 Å². The first-order chi connectivity index (χ1) is 9.81. The number of hydrogen-bond acceptors (Lipinski definition) is 3. The van der Waals surface area contributed by atoms with Crippen molar-refractivity contribution in [1.29, 1.82) is 0 Å². The number of unbranched alkanes of at least 4 members (excludes halogenated alkanes) is 10. The van der Waals surface area contributed by atoms with Gasteiger partial charge in [-0.2, -0.15) is 0 Å². The fourth-order valence-corrected chi connectivity index (χ4v) is 2.73. The van der Waals surface area contributed by atoms with E-state index in [9.17, 15) is 4.89 Å². The van der Waals surface area contributed by atoms with Gasteiger partial charge in [0, 0.05) is 21.7 Å². The zero-order valence-corrected chi connectivity index (χ0v) is 16.6. The summed E-state index contributed by atoms with van der Waals surface area (Å²) in [7, 11) is -1.64. The van der Waals surface area contributed by atoms with Gasteiger partial charge in [0.05, 0.1) is 13.2 Å². The van der Waals surface area contributed by atoms with Crippen LogP contribution in [-0.2, 0) is 30.8 Å². The Morgan fingerprint density at radius 3 is 1.33 bits per heavy atom. The second-order valence-electron chi connectivity index (χ2n) is 5.44. The van der Waals surface area contributed by atoms with Gasteiger partial charge in [-0.3, -0.25) is 0 Å². The Kier molecular flexibility index (Phi) is 24.3. The maximum absolute atomic E-state index is 9.55. The summed E-state index contributed by atoms with van der Waals surface area (Å²) in [6.07, 6.45) is 14.9. The SMILES string of the molecule is CCCCCCCCOP(O)OCCCCCCCC.[Ti]. The molecule has 0 aromatic carbocycles. The minimum atomic E-state index is -1.64. The van der Waals surface area contributed by atoms with Crippen molar-refractivity contribution >= 4 is 8.60 Å². The molecule has 0 saturated heterocycles. The van der Waals surface area contributed by atoms with Gasteiger partial charge >= 0.3 is 8.60 Å². The van der Waals surface area contributed by atoms with Gasteiger partial charge in [0.2, 0.25) is 0 Å². The van der Waals surface area contributed by atoms with E-state index < -0.39 is 8.60 Å². The maximum atomic E-state index is 9.55. The Bertz CT molecular complexity index is 167. The smallest absolute Gasteiger partial charge is 0.328 e. The Morgan fingerprint density at radius 2 is 0.952 bits per heavy atom. The van der Waals surface area contributed by atoms with Crippen molar-refractivity contribution in [2.45, 2.75) is 90.9 Å². The summed E-state index contributed by atoms with van der Waals surface area (Å²) in [6.45, 7) is 5.71. The zero-order chi connectivity index (χ0) is 14.9. The molecule has 21 heavy (non-hydrogen) atoms. The molecule has 0 aromatic heterocycles. The first-order valence-electron chi connectivity index (χ1n) is 8.56. The van der Waals surface area contributed by atoms with E-state index in [4.69, 9.17) is 9.05 Å². The van der Waals surface area contributed by atoms with E-state index in [1.165, 1.54) is 64.2 Å². The Labute approximate surface area is 148 Å². The monoisotopic (exact) mass is 354 g/mol. The molecule has 0 aromatic rings. The van der Waals surface area contributed by atoms with Gasteiger partial charge in [0.25, 0.3) is 0 Å². The quantitative estimate of drug-likeness (QED) is 0.211. The maximum Gasteiger partial charge on any atom is 0.329 e. The third-order valence-electron chi connectivity index (χ3n) is 3.40. The van der Waals surface area contributed by atoms with Crippen LogP contribution in [0.3, 0.4) is 0 Å². The minimum Gasteiger partial charge on any atom is -0.328 e. The van der Waals surface area contributed by atoms with E-state index in [0.717, 1.165) is 12.8 Å². The largest absolute Gasteiger partial charge is 0.329 e. The molecule has 0 fully saturated rings. The van der Waals surface area contributed by atoms with E-state index in [1.807, 2.05) is 0 Å². The molecule has 0 spiro atoms. The second kappa shape index (κ2) is 21.0. The topological polar surface area (TPSA) is 38.7 Å².